The van der Waals surface area contributed by atoms with Crippen LogP contribution >= 0.6 is 0 Å². The number of hydrogen-bond donors (Lipinski definition) is 2. The average Bonchev–Trinajstić information content (AvgIpc) is 2.08. The summed E-state index contributed by atoms with van der Waals surface area (Å²) in [6.07, 6.45) is 0. The summed E-state index contributed by atoms with van der Waals surface area (Å²) < 4.78 is 25.4. The molecule has 0 fully saturated rings. The number of halogens is 2. The number of nitrogens with two attached hydrogens (primary N) is 1. The molecular formula is C8H9F2NO. The fourth-order valence-electron chi connectivity index (χ4n) is 0.897. The van der Waals surface area contributed by atoms with Crippen LogP contribution in [-0.4, -0.2) is 11.7 Å². The summed E-state index contributed by atoms with van der Waals surface area (Å²) in [6.45, 7) is -0.402. The molecule has 12 heavy (non-hydrogen) atoms. The standard InChI is InChI=1S/C8H9F2NO/c9-5-1-2-7(10)6(3-5)8(11)4-12/h1-3,8,12H,4,11H2. The topological polar surface area (TPSA) is 46.2 Å². The molecule has 66 valence electrons. The zero-order valence-corrected chi connectivity index (χ0v) is 6.30. The molecule has 0 aromatic heterocycles. The fraction of sp³-hybridized carbons (Fsp3) is 0.250. The Bertz CT molecular complexity index is 278. The molecule has 1 aromatic carbocycles. The van der Waals surface area contributed by atoms with Crippen molar-refractivity contribution >= 4 is 0 Å². The molecule has 0 saturated carbocycles. The highest BCUT2D eigenvalue weighted by molar-refractivity contribution is 5.21. The van der Waals surface area contributed by atoms with E-state index in [1.807, 2.05) is 0 Å². The lowest BCUT2D eigenvalue weighted by molar-refractivity contribution is 0.265. The number of benzene rings is 1. The molecular weight excluding hydrogens is 164 g/mol. The van der Waals surface area contributed by atoms with Crippen LogP contribution in [-0.2, 0) is 0 Å². The van der Waals surface area contributed by atoms with E-state index in [0.29, 0.717) is 0 Å². The maximum Gasteiger partial charge on any atom is 0.128 e. The van der Waals surface area contributed by atoms with Gasteiger partial charge in [0.2, 0.25) is 0 Å². The summed E-state index contributed by atoms with van der Waals surface area (Å²) >= 11 is 0. The highest BCUT2D eigenvalue weighted by Crippen LogP contribution is 2.15. The third-order valence-electron chi connectivity index (χ3n) is 1.55. The van der Waals surface area contributed by atoms with Gasteiger partial charge >= 0.3 is 0 Å². The highest BCUT2D eigenvalue weighted by Gasteiger charge is 2.10. The van der Waals surface area contributed by atoms with Gasteiger partial charge in [-0.3, -0.25) is 0 Å². The Hall–Kier alpha value is -1.00. The first-order chi connectivity index (χ1) is 5.65. The Morgan fingerprint density at radius 3 is 2.67 bits per heavy atom. The van der Waals surface area contributed by atoms with Gasteiger partial charge in [-0.1, -0.05) is 0 Å². The van der Waals surface area contributed by atoms with Crippen molar-refractivity contribution in [1.29, 1.82) is 0 Å². The quantitative estimate of drug-likeness (QED) is 0.699. The molecule has 1 rings (SSSR count). The molecule has 0 spiro atoms. The fourth-order valence-corrected chi connectivity index (χ4v) is 0.897. The Kier molecular flexibility index (Phi) is 2.73. The van der Waals surface area contributed by atoms with Gasteiger partial charge in [0.25, 0.3) is 0 Å². The van der Waals surface area contributed by atoms with Crippen LogP contribution in [0.5, 0.6) is 0 Å². The number of aliphatic hydroxyl groups is 1. The Balaban J connectivity index is 3.04. The smallest absolute Gasteiger partial charge is 0.128 e. The van der Waals surface area contributed by atoms with E-state index in [4.69, 9.17) is 10.8 Å². The summed E-state index contributed by atoms with van der Waals surface area (Å²) in [6, 6.07) is 2.11. The molecule has 0 aliphatic rings. The average molecular weight is 173 g/mol. The summed E-state index contributed by atoms with van der Waals surface area (Å²) in [7, 11) is 0. The molecule has 2 nitrogen and oxygen atoms in total. The van der Waals surface area contributed by atoms with Crippen molar-refractivity contribution in [2.45, 2.75) is 6.04 Å². The highest BCUT2D eigenvalue weighted by atomic mass is 19.1. The maximum absolute atomic E-state index is 12.8. The van der Waals surface area contributed by atoms with Gasteiger partial charge in [-0.25, -0.2) is 8.78 Å². The first-order valence-electron chi connectivity index (χ1n) is 3.46. The zero-order chi connectivity index (χ0) is 9.14. The monoisotopic (exact) mass is 173 g/mol. The minimum atomic E-state index is -0.860. The Morgan fingerprint density at radius 1 is 1.42 bits per heavy atom. The van der Waals surface area contributed by atoms with Crippen molar-refractivity contribution in [2.24, 2.45) is 5.73 Å². The summed E-state index contributed by atoms with van der Waals surface area (Å²) in [5.41, 5.74) is 5.30. The van der Waals surface area contributed by atoms with E-state index in [-0.39, 0.29) is 5.56 Å². The van der Waals surface area contributed by atoms with Crippen LogP contribution in [0.1, 0.15) is 11.6 Å². The molecule has 0 aliphatic heterocycles. The van der Waals surface area contributed by atoms with Gasteiger partial charge in [0, 0.05) is 5.56 Å². The van der Waals surface area contributed by atoms with Gasteiger partial charge < -0.3 is 10.8 Å². The second-order valence-corrected chi connectivity index (χ2v) is 2.45. The van der Waals surface area contributed by atoms with Crippen molar-refractivity contribution in [3.05, 3.63) is 35.4 Å². The third kappa shape index (κ3) is 1.78. The zero-order valence-electron chi connectivity index (χ0n) is 6.30. The van der Waals surface area contributed by atoms with E-state index in [1.54, 1.807) is 0 Å². The Labute approximate surface area is 68.6 Å². The minimum Gasteiger partial charge on any atom is -0.394 e. The summed E-state index contributed by atoms with van der Waals surface area (Å²) in [5.74, 6) is -1.16. The van der Waals surface area contributed by atoms with E-state index in [2.05, 4.69) is 0 Å². The lowest BCUT2D eigenvalue weighted by atomic mass is 10.1. The second-order valence-electron chi connectivity index (χ2n) is 2.45. The molecule has 1 aromatic rings. The lowest BCUT2D eigenvalue weighted by Crippen LogP contribution is -2.16. The van der Waals surface area contributed by atoms with Crippen molar-refractivity contribution < 1.29 is 13.9 Å². The molecule has 4 heteroatoms. The van der Waals surface area contributed by atoms with E-state index in [9.17, 15) is 8.78 Å². The molecule has 1 atom stereocenters. The van der Waals surface area contributed by atoms with E-state index >= 15 is 0 Å². The van der Waals surface area contributed by atoms with Crippen LogP contribution in [0.4, 0.5) is 8.78 Å². The summed E-state index contributed by atoms with van der Waals surface area (Å²) in [4.78, 5) is 0. The van der Waals surface area contributed by atoms with Gasteiger partial charge in [-0.15, -0.1) is 0 Å². The van der Waals surface area contributed by atoms with Gasteiger partial charge in [-0.05, 0) is 18.2 Å². The maximum atomic E-state index is 12.8. The number of hydrogen-bond acceptors (Lipinski definition) is 2. The lowest BCUT2D eigenvalue weighted by Gasteiger charge is -2.08. The molecule has 0 bridgehead atoms. The van der Waals surface area contributed by atoms with E-state index in [0.717, 1.165) is 18.2 Å². The van der Waals surface area contributed by atoms with Crippen LogP contribution < -0.4 is 5.73 Å². The predicted octanol–water partition coefficient (Wildman–Crippen LogP) is 0.957. The molecule has 0 aliphatic carbocycles. The molecule has 3 N–H and O–H groups in total. The van der Waals surface area contributed by atoms with Crippen LogP contribution in [0.15, 0.2) is 18.2 Å². The van der Waals surface area contributed by atoms with E-state index < -0.39 is 24.3 Å². The second kappa shape index (κ2) is 3.60. The Morgan fingerprint density at radius 2 is 2.08 bits per heavy atom. The predicted molar refractivity (Wildman–Crippen MR) is 40.4 cm³/mol. The normalized spacial score (nSPS) is 13.0. The van der Waals surface area contributed by atoms with Crippen LogP contribution in [0, 0.1) is 11.6 Å². The third-order valence-corrected chi connectivity index (χ3v) is 1.55. The SMILES string of the molecule is NC(CO)c1cc(F)ccc1F. The van der Waals surface area contributed by atoms with Gasteiger partial charge in [0.15, 0.2) is 0 Å². The molecule has 0 saturated heterocycles. The van der Waals surface area contributed by atoms with E-state index in [1.165, 1.54) is 0 Å². The summed E-state index contributed by atoms with van der Waals surface area (Å²) in [5, 5.41) is 8.59. The number of aliphatic hydroxyl groups excluding tert-OH is 1. The van der Waals surface area contributed by atoms with Gasteiger partial charge in [0.1, 0.15) is 11.6 Å². The molecule has 0 radical (unpaired) electrons. The van der Waals surface area contributed by atoms with Crippen molar-refractivity contribution in [1.82, 2.24) is 0 Å². The van der Waals surface area contributed by atoms with Crippen molar-refractivity contribution in [2.75, 3.05) is 6.61 Å². The van der Waals surface area contributed by atoms with Gasteiger partial charge in [-0.2, -0.15) is 0 Å². The van der Waals surface area contributed by atoms with Crippen molar-refractivity contribution in [3.63, 3.8) is 0 Å². The van der Waals surface area contributed by atoms with Gasteiger partial charge in [0.05, 0.1) is 12.6 Å². The minimum absolute atomic E-state index is 0.00231. The first kappa shape index (κ1) is 9.09. The van der Waals surface area contributed by atoms with Crippen LogP contribution in [0.25, 0.3) is 0 Å². The molecule has 0 heterocycles. The molecule has 0 amide bonds. The number of rotatable bonds is 2. The first-order valence-corrected chi connectivity index (χ1v) is 3.46. The van der Waals surface area contributed by atoms with Crippen molar-refractivity contribution in [3.8, 4) is 0 Å². The molecule has 1 unspecified atom stereocenters. The van der Waals surface area contributed by atoms with Crippen LogP contribution in [0.2, 0.25) is 0 Å². The largest absolute Gasteiger partial charge is 0.394 e. The van der Waals surface area contributed by atoms with Crippen LogP contribution in [0.3, 0.4) is 0 Å².